The van der Waals surface area contributed by atoms with Gasteiger partial charge in [0.25, 0.3) is 5.24 Å². The number of alkyl halides is 2. The topological polar surface area (TPSA) is 34.1 Å². The van der Waals surface area contributed by atoms with Crippen molar-refractivity contribution in [1.82, 2.24) is 0 Å². The van der Waals surface area contributed by atoms with Crippen LogP contribution >= 0.6 is 34.8 Å². The molecule has 0 aliphatic heterocycles. The van der Waals surface area contributed by atoms with Gasteiger partial charge in [0.05, 0.1) is 0 Å². The molecule has 0 aliphatic carbocycles. The van der Waals surface area contributed by atoms with Gasteiger partial charge in [0.2, 0.25) is 0 Å². The van der Waals surface area contributed by atoms with Gasteiger partial charge in [0.15, 0.2) is 5.78 Å². The second-order valence-corrected chi connectivity index (χ2v) is 5.59. The minimum atomic E-state index is -0.439. The van der Waals surface area contributed by atoms with Gasteiger partial charge in [-0.3, -0.25) is 9.59 Å². The summed E-state index contributed by atoms with van der Waals surface area (Å²) in [7, 11) is 0. The van der Waals surface area contributed by atoms with E-state index in [1.165, 1.54) is 0 Å². The van der Waals surface area contributed by atoms with Crippen LogP contribution < -0.4 is 0 Å². The van der Waals surface area contributed by atoms with Crippen LogP contribution in [0.25, 0.3) is 0 Å². The summed E-state index contributed by atoms with van der Waals surface area (Å²) >= 11 is 16.4. The summed E-state index contributed by atoms with van der Waals surface area (Å²) in [4.78, 5) is 21.8. The fourth-order valence-corrected chi connectivity index (χ4v) is 2.19. The number of carbonyl (C=O) groups excluding carboxylic acids is 2. The van der Waals surface area contributed by atoms with Crippen LogP contribution in [0.15, 0.2) is 48.5 Å². The first kappa shape index (κ1) is 19.7. The highest BCUT2D eigenvalue weighted by molar-refractivity contribution is 6.67. The summed E-state index contributed by atoms with van der Waals surface area (Å²) in [5.74, 6) is 1.13. The molecule has 2 aromatic carbocycles. The number of benzene rings is 2. The van der Waals surface area contributed by atoms with Gasteiger partial charge in [0, 0.05) is 29.3 Å². The Labute approximate surface area is 151 Å². The van der Waals surface area contributed by atoms with Crippen molar-refractivity contribution in [3.63, 3.8) is 0 Å². The van der Waals surface area contributed by atoms with Gasteiger partial charge < -0.3 is 0 Å². The van der Waals surface area contributed by atoms with Gasteiger partial charge in [-0.05, 0) is 34.9 Å². The lowest BCUT2D eigenvalue weighted by molar-refractivity contribution is 0.0987. The largest absolute Gasteiger partial charge is 0.294 e. The third kappa shape index (κ3) is 6.74. The van der Waals surface area contributed by atoms with E-state index >= 15 is 0 Å². The SMILES string of the molecule is CCC(=O)c1ccc(CCl)cc1.O=C(Cl)c1ccc(CCl)cc1. The molecule has 2 aromatic rings. The Morgan fingerprint density at radius 2 is 1.17 bits per heavy atom. The molecule has 0 saturated carbocycles. The van der Waals surface area contributed by atoms with Crippen LogP contribution in [0.3, 0.4) is 0 Å². The van der Waals surface area contributed by atoms with E-state index in [4.69, 9.17) is 34.8 Å². The molecule has 0 fully saturated rings. The second-order valence-electron chi connectivity index (χ2n) is 4.71. The fraction of sp³-hybridized carbons (Fsp3) is 0.222. The van der Waals surface area contributed by atoms with E-state index in [-0.39, 0.29) is 5.78 Å². The number of halogens is 3. The zero-order chi connectivity index (χ0) is 17.2. The van der Waals surface area contributed by atoms with Crippen LogP contribution in [-0.4, -0.2) is 11.0 Å². The monoisotopic (exact) mass is 370 g/mol. The van der Waals surface area contributed by atoms with Crippen molar-refractivity contribution in [3.05, 3.63) is 70.8 Å². The van der Waals surface area contributed by atoms with E-state index in [0.29, 0.717) is 23.7 Å². The normalized spacial score (nSPS) is 9.74. The molecule has 0 saturated heterocycles. The maximum atomic E-state index is 11.2. The average Bonchev–Trinajstić information content (AvgIpc) is 2.61. The van der Waals surface area contributed by atoms with E-state index in [1.54, 1.807) is 24.3 Å². The molecule has 0 bridgehead atoms. The Balaban J connectivity index is 0.000000231. The number of Topliss-reactive ketones (excluding diaryl/α,β-unsaturated/α-hetero) is 1. The Morgan fingerprint density at radius 3 is 1.48 bits per heavy atom. The van der Waals surface area contributed by atoms with Gasteiger partial charge >= 0.3 is 0 Å². The van der Waals surface area contributed by atoms with Gasteiger partial charge in [-0.15, -0.1) is 23.2 Å². The minimum absolute atomic E-state index is 0.177. The maximum absolute atomic E-state index is 11.2. The van der Waals surface area contributed by atoms with Crippen LogP contribution in [0.1, 0.15) is 45.2 Å². The third-order valence-electron chi connectivity index (χ3n) is 3.09. The first-order valence-electron chi connectivity index (χ1n) is 7.04. The predicted octanol–water partition coefficient (Wildman–Crippen LogP) is 5.82. The predicted molar refractivity (Wildman–Crippen MR) is 96.8 cm³/mol. The second kappa shape index (κ2) is 10.4. The molecule has 0 aromatic heterocycles. The Kier molecular flexibility index (Phi) is 8.93. The van der Waals surface area contributed by atoms with Crippen molar-refractivity contribution >= 4 is 45.8 Å². The van der Waals surface area contributed by atoms with Crippen molar-refractivity contribution in [2.24, 2.45) is 0 Å². The molecule has 2 nitrogen and oxygen atoms in total. The summed E-state index contributed by atoms with van der Waals surface area (Å²) in [5.41, 5.74) is 3.30. The van der Waals surface area contributed by atoms with Gasteiger partial charge in [0.1, 0.15) is 0 Å². The quantitative estimate of drug-likeness (QED) is 0.377. The van der Waals surface area contributed by atoms with Crippen LogP contribution in [0, 0.1) is 0 Å². The van der Waals surface area contributed by atoms with E-state index in [1.807, 2.05) is 31.2 Å². The molecular formula is C18H17Cl3O2. The Hall–Kier alpha value is -1.35. The van der Waals surface area contributed by atoms with Crippen LogP contribution in [0.4, 0.5) is 0 Å². The molecule has 23 heavy (non-hydrogen) atoms. The number of rotatable bonds is 5. The minimum Gasteiger partial charge on any atom is -0.294 e. The third-order valence-corrected chi connectivity index (χ3v) is 3.92. The van der Waals surface area contributed by atoms with Crippen molar-refractivity contribution in [3.8, 4) is 0 Å². The summed E-state index contributed by atoms with van der Waals surface area (Å²) in [5, 5.41) is -0.439. The molecule has 0 amide bonds. The number of hydrogen-bond donors (Lipinski definition) is 0. The number of hydrogen-bond acceptors (Lipinski definition) is 2. The first-order valence-corrected chi connectivity index (χ1v) is 8.49. The van der Waals surface area contributed by atoms with E-state index in [2.05, 4.69) is 0 Å². The van der Waals surface area contributed by atoms with Gasteiger partial charge in [-0.1, -0.05) is 43.3 Å². The highest BCUT2D eigenvalue weighted by atomic mass is 35.5. The fourth-order valence-electron chi connectivity index (χ4n) is 1.71. The molecule has 0 atom stereocenters. The van der Waals surface area contributed by atoms with Crippen LogP contribution in [0.5, 0.6) is 0 Å². The van der Waals surface area contributed by atoms with Crippen LogP contribution in [-0.2, 0) is 11.8 Å². The lowest BCUT2D eigenvalue weighted by Crippen LogP contribution is -1.95. The summed E-state index contributed by atoms with van der Waals surface area (Å²) in [6.07, 6.45) is 0.556. The zero-order valence-corrected chi connectivity index (χ0v) is 15.0. The molecule has 122 valence electrons. The molecule has 5 heteroatoms. The molecule has 0 spiro atoms. The molecular weight excluding hydrogens is 355 g/mol. The molecule has 0 aliphatic rings. The van der Waals surface area contributed by atoms with E-state index in [9.17, 15) is 9.59 Å². The maximum Gasteiger partial charge on any atom is 0.252 e. The summed E-state index contributed by atoms with van der Waals surface area (Å²) < 4.78 is 0. The standard InChI is InChI=1S/C10H11ClO.C8H6Cl2O/c1-2-10(12)9-5-3-8(7-11)4-6-9;9-5-6-1-3-7(4-2-6)8(10)11/h3-6H,2,7H2,1H3;1-4H,5H2. The van der Waals surface area contributed by atoms with Crippen molar-refractivity contribution < 1.29 is 9.59 Å². The van der Waals surface area contributed by atoms with Gasteiger partial charge in [-0.2, -0.15) is 0 Å². The Morgan fingerprint density at radius 1 is 0.783 bits per heavy atom. The average molecular weight is 372 g/mol. The first-order chi connectivity index (χ1) is 11.0. The van der Waals surface area contributed by atoms with Crippen molar-refractivity contribution in [2.75, 3.05) is 0 Å². The van der Waals surface area contributed by atoms with E-state index < -0.39 is 5.24 Å². The number of ketones is 1. The number of carbonyl (C=O) groups is 2. The molecule has 0 radical (unpaired) electrons. The molecule has 0 N–H and O–H groups in total. The Bertz CT molecular complexity index is 634. The molecule has 2 rings (SSSR count). The lowest BCUT2D eigenvalue weighted by atomic mass is 10.1. The summed E-state index contributed by atoms with van der Waals surface area (Å²) in [6, 6.07) is 14.3. The van der Waals surface area contributed by atoms with Crippen LogP contribution in [0.2, 0.25) is 0 Å². The molecule has 0 heterocycles. The lowest BCUT2D eigenvalue weighted by Gasteiger charge is -1.98. The highest BCUT2D eigenvalue weighted by Gasteiger charge is 2.01. The smallest absolute Gasteiger partial charge is 0.252 e. The van der Waals surface area contributed by atoms with E-state index in [0.717, 1.165) is 16.7 Å². The summed E-state index contributed by atoms with van der Waals surface area (Å²) in [6.45, 7) is 1.86. The van der Waals surface area contributed by atoms with Gasteiger partial charge in [-0.25, -0.2) is 0 Å². The van der Waals surface area contributed by atoms with Crippen molar-refractivity contribution in [1.29, 1.82) is 0 Å². The van der Waals surface area contributed by atoms with Crippen molar-refractivity contribution in [2.45, 2.75) is 25.1 Å². The molecule has 0 unspecified atom stereocenters. The zero-order valence-electron chi connectivity index (χ0n) is 12.7. The highest BCUT2D eigenvalue weighted by Crippen LogP contribution is 2.09.